The van der Waals surface area contributed by atoms with Crippen LogP contribution in [-0.2, 0) is 0 Å². The van der Waals surface area contributed by atoms with Gasteiger partial charge in [0.25, 0.3) is 0 Å². The zero-order chi connectivity index (χ0) is 22.8. The highest BCUT2D eigenvalue weighted by atomic mass is 16.5. The van der Waals surface area contributed by atoms with Gasteiger partial charge in [0.2, 0.25) is 0 Å². The normalized spacial score (nSPS) is 24.2. The van der Waals surface area contributed by atoms with Crippen LogP contribution in [-0.4, -0.2) is 29.4 Å². The van der Waals surface area contributed by atoms with Crippen LogP contribution in [0.15, 0.2) is 66.7 Å². The molecule has 0 aliphatic carbocycles. The second-order valence-corrected chi connectivity index (χ2v) is 9.17. The second-order valence-electron chi connectivity index (χ2n) is 9.17. The Hall–Kier alpha value is -3.18. The molecule has 5 nitrogen and oxygen atoms in total. The van der Waals surface area contributed by atoms with Crippen molar-refractivity contribution in [2.24, 2.45) is 0 Å². The number of ether oxygens (including phenoxy) is 2. The first-order valence-electron chi connectivity index (χ1n) is 11.8. The number of benzene rings is 3. The van der Waals surface area contributed by atoms with Crippen molar-refractivity contribution in [1.29, 1.82) is 0 Å². The Labute approximate surface area is 195 Å². The lowest BCUT2D eigenvalue weighted by molar-refractivity contribution is 0.136. The summed E-state index contributed by atoms with van der Waals surface area (Å²) in [4.78, 5) is 0. The number of phenolic OH excluding ortho intramolecular Hbond substituents is 2. The van der Waals surface area contributed by atoms with E-state index in [0.717, 1.165) is 41.2 Å². The molecule has 0 amide bonds. The Morgan fingerprint density at radius 2 is 1.67 bits per heavy atom. The summed E-state index contributed by atoms with van der Waals surface area (Å²) in [6.07, 6.45) is 3.32. The van der Waals surface area contributed by atoms with Gasteiger partial charge in [0.1, 0.15) is 29.1 Å². The number of aromatic hydroxyl groups is 2. The van der Waals surface area contributed by atoms with E-state index in [4.69, 9.17) is 9.47 Å². The summed E-state index contributed by atoms with van der Waals surface area (Å²) < 4.78 is 12.5. The van der Waals surface area contributed by atoms with Crippen LogP contribution in [0.5, 0.6) is 23.0 Å². The highest BCUT2D eigenvalue weighted by Crippen LogP contribution is 2.51. The van der Waals surface area contributed by atoms with Gasteiger partial charge in [-0.1, -0.05) is 31.2 Å². The Balaban J connectivity index is 1.39. The number of phenols is 2. The molecule has 172 valence electrons. The number of fused-ring (bicyclic) bond motifs is 1. The highest BCUT2D eigenvalue weighted by Gasteiger charge is 2.38. The molecule has 5 rings (SSSR count). The predicted octanol–water partition coefficient (Wildman–Crippen LogP) is 5.64. The van der Waals surface area contributed by atoms with E-state index in [9.17, 15) is 10.2 Å². The van der Waals surface area contributed by atoms with Gasteiger partial charge in [-0.25, -0.2) is 0 Å². The zero-order valence-electron chi connectivity index (χ0n) is 18.9. The summed E-state index contributed by atoms with van der Waals surface area (Å²) in [5.74, 6) is 2.29. The van der Waals surface area contributed by atoms with Crippen molar-refractivity contribution in [3.05, 3.63) is 83.4 Å². The molecule has 3 aromatic rings. The van der Waals surface area contributed by atoms with Crippen molar-refractivity contribution in [3.63, 3.8) is 0 Å². The first-order chi connectivity index (χ1) is 16.1. The SMILES string of the molecule is C[C@@H]1c2cc(O)ccc2O[C@@H](c2ccc(OCCC3CCCN3)cc2)[C@H]1c1ccc(O)cc1. The lowest BCUT2D eigenvalue weighted by Crippen LogP contribution is -2.27. The summed E-state index contributed by atoms with van der Waals surface area (Å²) in [5.41, 5.74) is 3.15. The summed E-state index contributed by atoms with van der Waals surface area (Å²) in [6, 6.07) is 21.4. The summed E-state index contributed by atoms with van der Waals surface area (Å²) in [5, 5.41) is 23.3. The Morgan fingerprint density at radius 3 is 2.39 bits per heavy atom. The van der Waals surface area contributed by atoms with Crippen LogP contribution in [0.4, 0.5) is 0 Å². The van der Waals surface area contributed by atoms with E-state index in [1.54, 1.807) is 24.3 Å². The van der Waals surface area contributed by atoms with E-state index < -0.39 is 0 Å². The molecule has 1 fully saturated rings. The Kier molecular flexibility index (Phi) is 6.14. The molecule has 4 atom stereocenters. The van der Waals surface area contributed by atoms with Gasteiger partial charge in [0, 0.05) is 17.5 Å². The van der Waals surface area contributed by atoms with E-state index in [2.05, 4.69) is 24.4 Å². The van der Waals surface area contributed by atoms with E-state index >= 15 is 0 Å². The fraction of sp³-hybridized carbons (Fsp3) is 0.357. The second kappa shape index (κ2) is 9.36. The molecule has 0 saturated carbocycles. The van der Waals surface area contributed by atoms with E-state index in [1.807, 2.05) is 30.3 Å². The third-order valence-corrected chi connectivity index (χ3v) is 6.99. The zero-order valence-corrected chi connectivity index (χ0v) is 18.9. The lowest BCUT2D eigenvalue weighted by Gasteiger charge is -2.39. The van der Waals surface area contributed by atoms with Crippen molar-refractivity contribution in [2.75, 3.05) is 13.2 Å². The van der Waals surface area contributed by atoms with Gasteiger partial charge >= 0.3 is 0 Å². The molecule has 0 aromatic heterocycles. The van der Waals surface area contributed by atoms with Crippen molar-refractivity contribution in [3.8, 4) is 23.0 Å². The lowest BCUT2D eigenvalue weighted by atomic mass is 9.75. The maximum atomic E-state index is 10.0. The van der Waals surface area contributed by atoms with Crippen LogP contribution in [0.2, 0.25) is 0 Å². The van der Waals surface area contributed by atoms with Crippen LogP contribution in [0.1, 0.15) is 60.8 Å². The van der Waals surface area contributed by atoms with E-state index in [0.29, 0.717) is 12.6 Å². The molecular formula is C28H31NO4. The maximum absolute atomic E-state index is 10.0. The molecule has 0 bridgehead atoms. The van der Waals surface area contributed by atoms with Gasteiger partial charge in [-0.15, -0.1) is 0 Å². The van der Waals surface area contributed by atoms with Crippen LogP contribution >= 0.6 is 0 Å². The Morgan fingerprint density at radius 1 is 0.939 bits per heavy atom. The quantitative estimate of drug-likeness (QED) is 0.458. The predicted molar refractivity (Wildman–Crippen MR) is 128 cm³/mol. The van der Waals surface area contributed by atoms with Gasteiger partial charge in [0.15, 0.2) is 0 Å². The standard InChI is InChI=1S/C28H31NO4/c1-18-25-17-23(31)10-13-26(25)33-28(27(18)19-4-8-22(30)9-5-19)20-6-11-24(12-7-20)32-16-14-21-3-2-15-29-21/h4-13,17-18,21,27-31H,2-3,14-16H2,1H3/t18-,21?,27-,28+/m1/s1. The van der Waals surface area contributed by atoms with Crippen molar-refractivity contribution >= 4 is 0 Å². The minimum Gasteiger partial charge on any atom is -0.508 e. The molecule has 33 heavy (non-hydrogen) atoms. The molecule has 0 spiro atoms. The largest absolute Gasteiger partial charge is 0.508 e. The monoisotopic (exact) mass is 445 g/mol. The first-order valence-corrected chi connectivity index (χ1v) is 11.8. The molecule has 2 aliphatic rings. The third-order valence-electron chi connectivity index (χ3n) is 6.99. The van der Waals surface area contributed by atoms with Crippen molar-refractivity contribution in [1.82, 2.24) is 5.32 Å². The van der Waals surface area contributed by atoms with Crippen LogP contribution < -0.4 is 14.8 Å². The van der Waals surface area contributed by atoms with Gasteiger partial charge in [0.05, 0.1) is 6.61 Å². The Bertz CT molecular complexity index is 1070. The summed E-state index contributed by atoms with van der Waals surface area (Å²) >= 11 is 0. The topological polar surface area (TPSA) is 71.0 Å². The number of hydrogen-bond donors (Lipinski definition) is 3. The third kappa shape index (κ3) is 4.64. The highest BCUT2D eigenvalue weighted by molar-refractivity contribution is 5.48. The molecule has 2 heterocycles. The molecule has 5 heteroatoms. The first kappa shape index (κ1) is 21.7. The van der Waals surface area contributed by atoms with Crippen LogP contribution in [0, 0.1) is 0 Å². The van der Waals surface area contributed by atoms with Crippen molar-refractivity contribution in [2.45, 2.75) is 50.2 Å². The van der Waals surface area contributed by atoms with Gasteiger partial charge in [-0.2, -0.15) is 0 Å². The van der Waals surface area contributed by atoms with Gasteiger partial charge in [-0.05, 0) is 85.3 Å². The van der Waals surface area contributed by atoms with Gasteiger partial charge < -0.3 is 25.0 Å². The minimum absolute atomic E-state index is 0.0279. The summed E-state index contributed by atoms with van der Waals surface area (Å²) in [6.45, 7) is 3.99. The number of nitrogens with one attached hydrogen (secondary N) is 1. The van der Waals surface area contributed by atoms with Gasteiger partial charge in [-0.3, -0.25) is 0 Å². The molecule has 3 N–H and O–H groups in total. The summed E-state index contributed by atoms with van der Waals surface area (Å²) in [7, 11) is 0. The smallest absolute Gasteiger partial charge is 0.131 e. The molecule has 1 saturated heterocycles. The number of hydrogen-bond acceptors (Lipinski definition) is 5. The van der Waals surface area contributed by atoms with Crippen molar-refractivity contribution < 1.29 is 19.7 Å². The van der Waals surface area contributed by atoms with E-state index in [1.165, 1.54) is 12.8 Å². The molecule has 3 aromatic carbocycles. The molecular weight excluding hydrogens is 414 g/mol. The average molecular weight is 446 g/mol. The molecule has 0 radical (unpaired) electrons. The molecule has 1 unspecified atom stereocenters. The molecule has 2 aliphatic heterocycles. The van der Waals surface area contributed by atoms with Crippen LogP contribution in [0.3, 0.4) is 0 Å². The number of rotatable bonds is 6. The maximum Gasteiger partial charge on any atom is 0.131 e. The fourth-order valence-corrected chi connectivity index (χ4v) is 5.18. The average Bonchev–Trinajstić information content (AvgIpc) is 3.34. The van der Waals surface area contributed by atoms with Crippen LogP contribution in [0.25, 0.3) is 0 Å². The minimum atomic E-state index is -0.196. The van der Waals surface area contributed by atoms with E-state index in [-0.39, 0.29) is 29.4 Å². The fourth-order valence-electron chi connectivity index (χ4n) is 5.18.